The van der Waals surface area contributed by atoms with Crippen LogP contribution < -0.4 is 4.90 Å². The number of halogens is 1. The second kappa shape index (κ2) is 4.38. The Labute approximate surface area is 109 Å². The van der Waals surface area contributed by atoms with Crippen LogP contribution in [0.1, 0.15) is 16.1 Å². The molecule has 1 aromatic heterocycles. The Kier molecular flexibility index (Phi) is 2.72. The van der Waals surface area contributed by atoms with Gasteiger partial charge in [0, 0.05) is 12.2 Å². The smallest absolute Gasteiger partial charge is 0.278 e. The van der Waals surface area contributed by atoms with Crippen LogP contribution in [0.3, 0.4) is 0 Å². The number of aromatic nitrogens is 2. The summed E-state index contributed by atoms with van der Waals surface area (Å²) in [6.07, 6.45) is 3.72. The maximum Gasteiger partial charge on any atom is 0.278 e. The van der Waals surface area contributed by atoms with Gasteiger partial charge in [0.1, 0.15) is 10.8 Å². The SMILES string of the molecule is O=C(c1cncc(Cl)n1)N1CCc2ccccc21. The highest BCUT2D eigenvalue weighted by atomic mass is 35.5. The summed E-state index contributed by atoms with van der Waals surface area (Å²) in [7, 11) is 0. The molecule has 1 aliphatic rings. The predicted octanol–water partition coefficient (Wildman–Crippen LogP) is 2.33. The summed E-state index contributed by atoms with van der Waals surface area (Å²) in [4.78, 5) is 21.9. The molecule has 0 spiro atoms. The zero-order valence-corrected chi connectivity index (χ0v) is 10.3. The molecule has 0 atom stereocenters. The van der Waals surface area contributed by atoms with Gasteiger partial charge in [-0.05, 0) is 18.1 Å². The first-order chi connectivity index (χ1) is 8.75. The van der Waals surface area contributed by atoms with Crippen molar-refractivity contribution in [2.75, 3.05) is 11.4 Å². The molecule has 0 N–H and O–H groups in total. The molecule has 0 saturated carbocycles. The van der Waals surface area contributed by atoms with Crippen LogP contribution >= 0.6 is 11.6 Å². The van der Waals surface area contributed by atoms with Crippen molar-refractivity contribution in [2.24, 2.45) is 0 Å². The average molecular weight is 260 g/mol. The number of rotatable bonds is 1. The Bertz CT molecular complexity index is 615. The number of fused-ring (bicyclic) bond motifs is 1. The number of hydrogen-bond donors (Lipinski definition) is 0. The Morgan fingerprint density at radius 2 is 2.11 bits per heavy atom. The molecule has 5 heteroatoms. The highest BCUT2D eigenvalue weighted by molar-refractivity contribution is 6.29. The monoisotopic (exact) mass is 259 g/mol. The second-order valence-corrected chi connectivity index (χ2v) is 4.45. The summed E-state index contributed by atoms with van der Waals surface area (Å²) in [5, 5.41) is 0.230. The van der Waals surface area contributed by atoms with Gasteiger partial charge in [0.25, 0.3) is 5.91 Å². The molecule has 3 rings (SSSR count). The maximum atomic E-state index is 12.3. The van der Waals surface area contributed by atoms with E-state index in [0.717, 1.165) is 12.1 Å². The molecule has 2 aromatic rings. The molecule has 4 nitrogen and oxygen atoms in total. The van der Waals surface area contributed by atoms with E-state index < -0.39 is 0 Å². The zero-order valence-electron chi connectivity index (χ0n) is 9.51. The largest absolute Gasteiger partial charge is 0.306 e. The Morgan fingerprint density at radius 1 is 1.28 bits per heavy atom. The van der Waals surface area contributed by atoms with Gasteiger partial charge in [-0.2, -0.15) is 0 Å². The van der Waals surface area contributed by atoms with Crippen LogP contribution in [0, 0.1) is 0 Å². The van der Waals surface area contributed by atoms with E-state index in [0.29, 0.717) is 6.54 Å². The third-order valence-electron chi connectivity index (χ3n) is 2.96. The second-order valence-electron chi connectivity index (χ2n) is 4.06. The van der Waals surface area contributed by atoms with Gasteiger partial charge in [-0.1, -0.05) is 29.8 Å². The molecule has 0 fully saturated rings. The van der Waals surface area contributed by atoms with Crippen molar-refractivity contribution in [1.82, 2.24) is 9.97 Å². The molecule has 18 heavy (non-hydrogen) atoms. The first kappa shape index (κ1) is 11.2. The maximum absolute atomic E-state index is 12.3. The van der Waals surface area contributed by atoms with E-state index in [9.17, 15) is 4.79 Å². The predicted molar refractivity (Wildman–Crippen MR) is 68.9 cm³/mol. The van der Waals surface area contributed by atoms with Gasteiger partial charge >= 0.3 is 0 Å². The summed E-state index contributed by atoms with van der Waals surface area (Å²) in [5.74, 6) is -0.157. The lowest BCUT2D eigenvalue weighted by molar-refractivity contribution is 0.0984. The van der Waals surface area contributed by atoms with Gasteiger partial charge in [0.2, 0.25) is 0 Å². The van der Waals surface area contributed by atoms with Crippen LogP contribution in [0.15, 0.2) is 36.7 Å². The van der Waals surface area contributed by atoms with Crippen molar-refractivity contribution in [2.45, 2.75) is 6.42 Å². The van der Waals surface area contributed by atoms with Gasteiger partial charge in [-0.3, -0.25) is 9.78 Å². The Morgan fingerprint density at radius 3 is 2.94 bits per heavy atom. The van der Waals surface area contributed by atoms with Gasteiger partial charge in [-0.25, -0.2) is 4.98 Å². The Balaban J connectivity index is 1.96. The van der Waals surface area contributed by atoms with E-state index in [4.69, 9.17) is 11.6 Å². The topological polar surface area (TPSA) is 46.1 Å². The van der Waals surface area contributed by atoms with Gasteiger partial charge < -0.3 is 4.90 Å². The summed E-state index contributed by atoms with van der Waals surface area (Å²) < 4.78 is 0. The fourth-order valence-electron chi connectivity index (χ4n) is 2.13. The number of hydrogen-bond acceptors (Lipinski definition) is 3. The number of benzene rings is 1. The van der Waals surface area contributed by atoms with Crippen LogP contribution in [0.25, 0.3) is 0 Å². The third kappa shape index (κ3) is 1.84. The molecular formula is C13H10ClN3O. The third-order valence-corrected chi connectivity index (χ3v) is 3.14. The van der Waals surface area contributed by atoms with Crippen LogP contribution in [0.5, 0.6) is 0 Å². The minimum absolute atomic E-state index is 0.157. The standard InChI is InChI=1S/C13H10ClN3O/c14-12-8-15-7-10(16-12)13(18)17-6-5-9-3-1-2-4-11(9)17/h1-4,7-8H,5-6H2. The molecular weight excluding hydrogens is 250 g/mol. The lowest BCUT2D eigenvalue weighted by Crippen LogP contribution is -2.29. The van der Waals surface area contributed by atoms with Crippen LogP contribution in [-0.2, 0) is 6.42 Å². The van der Waals surface area contributed by atoms with Crippen molar-refractivity contribution >= 4 is 23.2 Å². The molecule has 0 saturated heterocycles. The lowest BCUT2D eigenvalue weighted by atomic mass is 10.2. The van der Waals surface area contributed by atoms with E-state index in [-0.39, 0.29) is 16.8 Å². The minimum Gasteiger partial charge on any atom is -0.306 e. The lowest BCUT2D eigenvalue weighted by Gasteiger charge is -2.16. The van der Waals surface area contributed by atoms with E-state index in [2.05, 4.69) is 9.97 Å². The minimum atomic E-state index is -0.157. The summed E-state index contributed by atoms with van der Waals surface area (Å²) in [6, 6.07) is 7.88. The highest BCUT2D eigenvalue weighted by Crippen LogP contribution is 2.28. The first-order valence-electron chi connectivity index (χ1n) is 5.63. The zero-order chi connectivity index (χ0) is 12.5. The normalized spacial score (nSPS) is 13.5. The molecule has 0 bridgehead atoms. The number of anilines is 1. The number of para-hydroxylation sites is 1. The van der Waals surface area contributed by atoms with Crippen molar-refractivity contribution < 1.29 is 4.79 Å². The number of amides is 1. The van der Waals surface area contributed by atoms with Gasteiger partial charge in [0.05, 0.1) is 12.4 Å². The summed E-state index contributed by atoms with van der Waals surface area (Å²) in [5.41, 5.74) is 2.41. The number of nitrogens with zero attached hydrogens (tertiary/aromatic N) is 3. The van der Waals surface area contributed by atoms with Crippen molar-refractivity contribution in [1.29, 1.82) is 0 Å². The van der Waals surface area contributed by atoms with Gasteiger partial charge in [0.15, 0.2) is 0 Å². The quantitative estimate of drug-likeness (QED) is 0.790. The van der Waals surface area contributed by atoms with E-state index >= 15 is 0 Å². The van der Waals surface area contributed by atoms with Crippen molar-refractivity contribution in [3.05, 3.63) is 53.1 Å². The fraction of sp³-hybridized carbons (Fsp3) is 0.154. The van der Waals surface area contributed by atoms with Crippen LogP contribution in [-0.4, -0.2) is 22.4 Å². The van der Waals surface area contributed by atoms with Crippen molar-refractivity contribution in [3.8, 4) is 0 Å². The fourth-order valence-corrected chi connectivity index (χ4v) is 2.28. The van der Waals surface area contributed by atoms with Crippen molar-refractivity contribution in [3.63, 3.8) is 0 Å². The van der Waals surface area contributed by atoms with E-state index in [1.165, 1.54) is 18.0 Å². The molecule has 0 radical (unpaired) electrons. The van der Waals surface area contributed by atoms with E-state index in [1.54, 1.807) is 4.90 Å². The number of carbonyl (C=O) groups excluding carboxylic acids is 1. The molecule has 0 aliphatic carbocycles. The molecule has 1 amide bonds. The molecule has 1 aliphatic heterocycles. The first-order valence-corrected chi connectivity index (χ1v) is 6.01. The Hall–Kier alpha value is -1.94. The molecule has 0 unspecified atom stereocenters. The molecule has 1 aromatic carbocycles. The summed E-state index contributed by atoms with van der Waals surface area (Å²) in [6.45, 7) is 0.673. The van der Waals surface area contributed by atoms with E-state index in [1.807, 2.05) is 24.3 Å². The average Bonchev–Trinajstić information content (AvgIpc) is 2.82. The molecule has 90 valence electrons. The molecule has 2 heterocycles. The highest BCUT2D eigenvalue weighted by Gasteiger charge is 2.26. The van der Waals surface area contributed by atoms with Crippen LogP contribution in [0.4, 0.5) is 5.69 Å². The number of carbonyl (C=O) groups is 1. The summed E-state index contributed by atoms with van der Waals surface area (Å²) >= 11 is 5.75. The van der Waals surface area contributed by atoms with Crippen LogP contribution in [0.2, 0.25) is 5.15 Å². The van der Waals surface area contributed by atoms with Gasteiger partial charge in [-0.15, -0.1) is 0 Å².